The van der Waals surface area contributed by atoms with Crippen LogP contribution in [0.1, 0.15) is 23.2 Å². The molecule has 0 spiro atoms. The molecular formula is C22H31N3O2. The van der Waals surface area contributed by atoms with E-state index >= 15 is 0 Å². The average Bonchev–Trinajstić information content (AvgIpc) is 2.99. The Hall–Kier alpha value is -2.11. The summed E-state index contributed by atoms with van der Waals surface area (Å²) in [5.74, 6) is 0.530. The fourth-order valence-electron chi connectivity index (χ4n) is 3.64. The molecule has 27 heavy (non-hydrogen) atoms. The van der Waals surface area contributed by atoms with Gasteiger partial charge in [0.25, 0.3) is 0 Å². The van der Waals surface area contributed by atoms with Crippen LogP contribution in [0.25, 0.3) is 0 Å². The zero-order valence-corrected chi connectivity index (χ0v) is 16.7. The number of aromatic nitrogens is 1. The van der Waals surface area contributed by atoms with Gasteiger partial charge in [-0.3, -0.25) is 9.69 Å². The van der Waals surface area contributed by atoms with Gasteiger partial charge in [0.1, 0.15) is 6.61 Å². The van der Waals surface area contributed by atoms with Crippen molar-refractivity contribution in [1.29, 1.82) is 0 Å². The molecule has 0 fully saturated rings. The van der Waals surface area contributed by atoms with Gasteiger partial charge in [0, 0.05) is 58.8 Å². The molecular weight excluding hydrogens is 338 g/mol. The van der Waals surface area contributed by atoms with Crippen molar-refractivity contribution in [3.63, 3.8) is 0 Å². The highest BCUT2D eigenvalue weighted by Crippen LogP contribution is 2.22. The molecule has 5 nitrogen and oxygen atoms in total. The summed E-state index contributed by atoms with van der Waals surface area (Å²) in [6.07, 6.45) is 3.14. The predicted molar refractivity (Wildman–Crippen MR) is 107 cm³/mol. The molecule has 1 aliphatic heterocycles. The molecule has 1 amide bonds. The van der Waals surface area contributed by atoms with Gasteiger partial charge in [-0.15, -0.1) is 0 Å². The molecule has 2 heterocycles. The number of carbonyl (C=O) groups is 1. The van der Waals surface area contributed by atoms with Crippen molar-refractivity contribution in [2.45, 2.75) is 33.0 Å². The van der Waals surface area contributed by atoms with Crippen LogP contribution in [-0.4, -0.2) is 54.1 Å². The summed E-state index contributed by atoms with van der Waals surface area (Å²) in [4.78, 5) is 15.8. The molecule has 5 heteroatoms. The largest absolute Gasteiger partial charge is 0.372 e. The van der Waals surface area contributed by atoms with E-state index in [1.807, 2.05) is 0 Å². The number of aryl methyl sites for hydroxylation is 1. The van der Waals surface area contributed by atoms with Gasteiger partial charge in [0.15, 0.2) is 0 Å². The summed E-state index contributed by atoms with van der Waals surface area (Å²) >= 11 is 0. The number of fused-ring (bicyclic) bond motifs is 1. The number of rotatable bonds is 7. The smallest absolute Gasteiger partial charge is 0.248 e. The molecule has 0 saturated carbocycles. The molecule has 0 radical (unpaired) electrons. The summed E-state index contributed by atoms with van der Waals surface area (Å²) in [5.41, 5.74) is 4.11. The van der Waals surface area contributed by atoms with Crippen molar-refractivity contribution < 1.29 is 9.53 Å². The van der Waals surface area contributed by atoms with E-state index in [2.05, 4.69) is 59.0 Å². The Labute approximate surface area is 162 Å². The molecule has 0 N–H and O–H groups in total. The lowest BCUT2D eigenvalue weighted by Crippen LogP contribution is -2.29. The Morgan fingerprint density at radius 2 is 2.00 bits per heavy atom. The molecule has 1 aliphatic rings. The van der Waals surface area contributed by atoms with Gasteiger partial charge in [-0.25, -0.2) is 0 Å². The zero-order chi connectivity index (χ0) is 19.2. The highest BCUT2D eigenvalue weighted by Gasteiger charge is 2.22. The summed E-state index contributed by atoms with van der Waals surface area (Å²) < 4.78 is 7.99. The van der Waals surface area contributed by atoms with Crippen molar-refractivity contribution in [1.82, 2.24) is 14.4 Å². The van der Waals surface area contributed by atoms with Crippen LogP contribution in [0.3, 0.4) is 0 Å². The second-order valence-electron chi connectivity index (χ2n) is 7.74. The van der Waals surface area contributed by atoms with E-state index in [4.69, 9.17) is 4.74 Å². The third kappa shape index (κ3) is 5.44. The molecule has 3 rings (SSSR count). The van der Waals surface area contributed by atoms with Gasteiger partial charge in [0.2, 0.25) is 5.91 Å². The Morgan fingerprint density at radius 3 is 2.78 bits per heavy atom. The van der Waals surface area contributed by atoms with Crippen LogP contribution in [0.2, 0.25) is 0 Å². The van der Waals surface area contributed by atoms with E-state index in [-0.39, 0.29) is 12.5 Å². The third-order valence-electron chi connectivity index (χ3n) is 5.33. The maximum Gasteiger partial charge on any atom is 0.248 e. The fourth-order valence-corrected chi connectivity index (χ4v) is 3.64. The number of likely N-dealkylation sites (N-methyl/N-ethyl adjacent to an activating group) is 1. The van der Waals surface area contributed by atoms with Crippen molar-refractivity contribution in [3.8, 4) is 0 Å². The van der Waals surface area contributed by atoms with E-state index in [0.717, 1.165) is 32.6 Å². The summed E-state index contributed by atoms with van der Waals surface area (Å²) in [6.45, 7) is 6.97. The van der Waals surface area contributed by atoms with Crippen LogP contribution in [0.5, 0.6) is 0 Å². The minimum absolute atomic E-state index is 0.0183. The standard InChI is InChI=1S/C22H31N3O2/c1-18-7-4-5-8-20(18)15-24-13-19(10-12-27-17-22(26)23(2)3)14-25-11-6-9-21(25)16-24/h4-9,11,19H,10,12-17H2,1-3H3. The number of hydrogen-bond donors (Lipinski definition) is 0. The van der Waals surface area contributed by atoms with Crippen LogP contribution in [-0.2, 0) is 29.2 Å². The molecule has 0 aliphatic carbocycles. The van der Waals surface area contributed by atoms with E-state index in [9.17, 15) is 4.79 Å². The van der Waals surface area contributed by atoms with Crippen molar-refractivity contribution >= 4 is 5.91 Å². The summed E-state index contributed by atoms with van der Waals surface area (Å²) in [5, 5.41) is 0. The Bertz CT molecular complexity index is 754. The Balaban J connectivity index is 1.61. The lowest BCUT2D eigenvalue weighted by atomic mass is 10.0. The first-order valence-electron chi connectivity index (χ1n) is 9.71. The number of hydrogen-bond acceptors (Lipinski definition) is 3. The quantitative estimate of drug-likeness (QED) is 0.705. The van der Waals surface area contributed by atoms with Gasteiger partial charge < -0.3 is 14.2 Å². The number of carbonyl (C=O) groups excluding carboxylic acids is 1. The normalized spacial score (nSPS) is 17.4. The van der Waals surface area contributed by atoms with Crippen LogP contribution in [0.15, 0.2) is 42.6 Å². The maximum atomic E-state index is 11.7. The molecule has 1 unspecified atom stereocenters. The molecule has 1 atom stereocenters. The molecule has 1 aromatic carbocycles. The van der Waals surface area contributed by atoms with E-state index < -0.39 is 0 Å². The molecule has 0 saturated heterocycles. The highest BCUT2D eigenvalue weighted by atomic mass is 16.5. The second-order valence-corrected chi connectivity index (χ2v) is 7.74. The van der Waals surface area contributed by atoms with Crippen LogP contribution in [0.4, 0.5) is 0 Å². The summed E-state index contributed by atoms with van der Waals surface area (Å²) in [7, 11) is 3.52. The Kier molecular flexibility index (Phi) is 6.69. The van der Waals surface area contributed by atoms with Crippen LogP contribution < -0.4 is 0 Å². The minimum atomic E-state index is 0.0183. The number of nitrogens with zero attached hydrogens (tertiary/aromatic N) is 3. The first-order chi connectivity index (χ1) is 13.0. The average molecular weight is 370 g/mol. The van der Waals surface area contributed by atoms with Gasteiger partial charge in [0.05, 0.1) is 0 Å². The first-order valence-corrected chi connectivity index (χ1v) is 9.71. The molecule has 2 aromatic rings. The lowest BCUT2D eigenvalue weighted by Gasteiger charge is -2.25. The minimum Gasteiger partial charge on any atom is -0.372 e. The van der Waals surface area contributed by atoms with Crippen molar-refractivity contribution in [2.75, 3.05) is 33.9 Å². The first kappa shape index (κ1) is 19.6. The van der Waals surface area contributed by atoms with Gasteiger partial charge in [-0.05, 0) is 42.5 Å². The summed E-state index contributed by atoms with van der Waals surface area (Å²) in [6, 6.07) is 13.0. The maximum absolute atomic E-state index is 11.7. The van der Waals surface area contributed by atoms with Gasteiger partial charge in [-0.2, -0.15) is 0 Å². The van der Waals surface area contributed by atoms with Crippen LogP contribution >= 0.6 is 0 Å². The van der Waals surface area contributed by atoms with E-state index in [1.165, 1.54) is 16.8 Å². The SMILES string of the molecule is Cc1ccccc1CN1Cc2cccn2CC(CCOCC(=O)N(C)C)C1. The van der Waals surface area contributed by atoms with Gasteiger partial charge in [-0.1, -0.05) is 24.3 Å². The van der Waals surface area contributed by atoms with E-state index in [1.54, 1.807) is 19.0 Å². The lowest BCUT2D eigenvalue weighted by molar-refractivity contribution is -0.133. The third-order valence-corrected chi connectivity index (χ3v) is 5.33. The second kappa shape index (κ2) is 9.20. The molecule has 1 aromatic heterocycles. The van der Waals surface area contributed by atoms with Crippen molar-refractivity contribution in [3.05, 3.63) is 59.4 Å². The number of amides is 1. The van der Waals surface area contributed by atoms with Crippen molar-refractivity contribution in [2.24, 2.45) is 5.92 Å². The van der Waals surface area contributed by atoms with E-state index in [0.29, 0.717) is 12.5 Å². The van der Waals surface area contributed by atoms with Crippen LogP contribution in [0, 0.1) is 12.8 Å². The molecule has 146 valence electrons. The topological polar surface area (TPSA) is 37.7 Å². The predicted octanol–water partition coefficient (Wildman–Crippen LogP) is 2.92. The zero-order valence-electron chi connectivity index (χ0n) is 16.7. The molecule has 0 bridgehead atoms. The van der Waals surface area contributed by atoms with Gasteiger partial charge >= 0.3 is 0 Å². The highest BCUT2D eigenvalue weighted by molar-refractivity contribution is 5.76. The fraction of sp³-hybridized carbons (Fsp3) is 0.500. The number of benzene rings is 1. The number of ether oxygens (including phenoxy) is 1. The Morgan fingerprint density at radius 1 is 1.19 bits per heavy atom. The monoisotopic (exact) mass is 369 g/mol.